The fourth-order valence-electron chi connectivity index (χ4n) is 2.52. The highest BCUT2D eigenvalue weighted by atomic mass is 14.9. The number of nitriles is 1. The highest BCUT2D eigenvalue weighted by Crippen LogP contribution is 2.18. The van der Waals surface area contributed by atoms with Crippen LogP contribution in [-0.2, 0) is 6.54 Å². The van der Waals surface area contributed by atoms with Crippen molar-refractivity contribution in [2.75, 3.05) is 0 Å². The summed E-state index contributed by atoms with van der Waals surface area (Å²) in [6.07, 6.45) is 6.76. The molecular formula is C15H20N2. The number of benzene rings is 1. The molecule has 0 aromatic heterocycles. The van der Waals surface area contributed by atoms with E-state index in [1.54, 1.807) is 0 Å². The monoisotopic (exact) mass is 228 g/mol. The van der Waals surface area contributed by atoms with Crippen LogP contribution in [0.2, 0.25) is 0 Å². The average molecular weight is 228 g/mol. The van der Waals surface area contributed by atoms with E-state index in [-0.39, 0.29) is 0 Å². The minimum atomic E-state index is 0.693. The lowest BCUT2D eigenvalue weighted by Gasteiger charge is -2.23. The number of aryl methyl sites for hydroxylation is 1. The molecule has 0 atom stereocenters. The number of nitrogens with zero attached hydrogens (tertiary/aromatic N) is 1. The molecule has 2 nitrogen and oxygen atoms in total. The van der Waals surface area contributed by atoms with E-state index < -0.39 is 0 Å². The molecule has 0 saturated heterocycles. The van der Waals surface area contributed by atoms with Crippen LogP contribution in [0.25, 0.3) is 0 Å². The fraction of sp³-hybridized carbons (Fsp3) is 0.533. The average Bonchev–Trinajstić information content (AvgIpc) is 2.38. The number of rotatable bonds is 3. The maximum atomic E-state index is 8.82. The Bertz CT molecular complexity index is 411. The predicted molar refractivity (Wildman–Crippen MR) is 69.6 cm³/mol. The van der Waals surface area contributed by atoms with Gasteiger partial charge in [-0.25, -0.2) is 0 Å². The van der Waals surface area contributed by atoms with Crippen molar-refractivity contribution < 1.29 is 0 Å². The van der Waals surface area contributed by atoms with E-state index in [1.165, 1.54) is 43.2 Å². The van der Waals surface area contributed by atoms with E-state index in [4.69, 9.17) is 5.26 Å². The molecule has 0 unspecified atom stereocenters. The van der Waals surface area contributed by atoms with E-state index in [0.29, 0.717) is 6.04 Å². The third kappa shape index (κ3) is 3.31. The first kappa shape index (κ1) is 12.1. The highest BCUT2D eigenvalue weighted by molar-refractivity contribution is 5.37. The van der Waals surface area contributed by atoms with Crippen LogP contribution in [0.5, 0.6) is 0 Å². The van der Waals surface area contributed by atoms with Gasteiger partial charge in [-0.1, -0.05) is 25.3 Å². The third-order valence-corrected chi connectivity index (χ3v) is 3.66. The Morgan fingerprint density at radius 1 is 1.29 bits per heavy atom. The van der Waals surface area contributed by atoms with E-state index >= 15 is 0 Å². The standard InChI is InChI=1S/C15H20N2/c1-12-9-13(10-16)7-8-14(12)11-17-15-5-3-2-4-6-15/h7-9,15,17H,2-6,11H2,1H3. The molecule has 1 fully saturated rings. The van der Waals surface area contributed by atoms with Crippen molar-refractivity contribution in [2.24, 2.45) is 0 Å². The second-order valence-corrected chi connectivity index (χ2v) is 4.97. The minimum absolute atomic E-state index is 0.693. The first-order chi connectivity index (χ1) is 8.29. The van der Waals surface area contributed by atoms with Crippen LogP contribution in [0.15, 0.2) is 18.2 Å². The summed E-state index contributed by atoms with van der Waals surface area (Å²) in [5.41, 5.74) is 3.28. The molecule has 2 rings (SSSR count). The fourth-order valence-corrected chi connectivity index (χ4v) is 2.52. The molecule has 0 aliphatic heterocycles. The lowest BCUT2D eigenvalue weighted by molar-refractivity contribution is 0.372. The van der Waals surface area contributed by atoms with Gasteiger partial charge in [0.2, 0.25) is 0 Å². The maximum Gasteiger partial charge on any atom is 0.0991 e. The lowest BCUT2D eigenvalue weighted by Crippen LogP contribution is -2.30. The van der Waals surface area contributed by atoms with Gasteiger partial charge in [-0.05, 0) is 43.0 Å². The Labute approximate surface area is 104 Å². The van der Waals surface area contributed by atoms with Gasteiger partial charge < -0.3 is 5.32 Å². The molecule has 1 saturated carbocycles. The van der Waals surface area contributed by atoms with Crippen LogP contribution in [0.3, 0.4) is 0 Å². The molecular weight excluding hydrogens is 208 g/mol. The first-order valence-corrected chi connectivity index (χ1v) is 6.52. The second kappa shape index (κ2) is 5.84. The Hall–Kier alpha value is -1.33. The smallest absolute Gasteiger partial charge is 0.0991 e. The quantitative estimate of drug-likeness (QED) is 0.861. The largest absolute Gasteiger partial charge is 0.310 e. The van der Waals surface area contributed by atoms with Crippen LogP contribution in [0, 0.1) is 18.3 Å². The van der Waals surface area contributed by atoms with Gasteiger partial charge in [-0.15, -0.1) is 0 Å². The zero-order chi connectivity index (χ0) is 12.1. The van der Waals surface area contributed by atoms with Gasteiger partial charge >= 0.3 is 0 Å². The Kier molecular flexibility index (Phi) is 4.17. The summed E-state index contributed by atoms with van der Waals surface area (Å²) in [6, 6.07) is 8.82. The van der Waals surface area contributed by atoms with Crippen LogP contribution in [-0.4, -0.2) is 6.04 Å². The molecule has 0 amide bonds. The van der Waals surface area contributed by atoms with Crippen LogP contribution >= 0.6 is 0 Å². The molecule has 1 aromatic rings. The summed E-state index contributed by atoms with van der Waals surface area (Å²) in [5.74, 6) is 0. The molecule has 2 heteroatoms. The van der Waals surface area contributed by atoms with Crippen LogP contribution in [0.1, 0.15) is 48.8 Å². The summed E-state index contributed by atoms with van der Waals surface area (Å²) in [6.45, 7) is 3.01. The number of hydrogen-bond donors (Lipinski definition) is 1. The summed E-state index contributed by atoms with van der Waals surface area (Å²) >= 11 is 0. The topological polar surface area (TPSA) is 35.8 Å². The second-order valence-electron chi connectivity index (χ2n) is 4.97. The van der Waals surface area contributed by atoms with Crippen molar-refractivity contribution in [3.63, 3.8) is 0 Å². The molecule has 1 N–H and O–H groups in total. The Morgan fingerprint density at radius 3 is 2.71 bits per heavy atom. The van der Waals surface area contributed by atoms with Crippen molar-refractivity contribution in [3.05, 3.63) is 34.9 Å². The molecule has 1 aromatic carbocycles. The summed E-state index contributed by atoms with van der Waals surface area (Å²) < 4.78 is 0. The van der Waals surface area contributed by atoms with Gasteiger partial charge in [0.1, 0.15) is 0 Å². The number of hydrogen-bond acceptors (Lipinski definition) is 2. The SMILES string of the molecule is Cc1cc(C#N)ccc1CNC1CCCCC1. The predicted octanol–water partition coefficient (Wildman–Crippen LogP) is 3.29. The highest BCUT2D eigenvalue weighted by Gasteiger charge is 2.12. The van der Waals surface area contributed by atoms with Gasteiger partial charge in [-0.3, -0.25) is 0 Å². The van der Waals surface area contributed by atoms with E-state index in [0.717, 1.165) is 12.1 Å². The molecule has 0 radical (unpaired) electrons. The van der Waals surface area contributed by atoms with Gasteiger partial charge in [0, 0.05) is 12.6 Å². The Morgan fingerprint density at radius 2 is 2.06 bits per heavy atom. The van der Waals surface area contributed by atoms with Crippen molar-refractivity contribution in [1.82, 2.24) is 5.32 Å². The van der Waals surface area contributed by atoms with Crippen LogP contribution < -0.4 is 5.32 Å². The molecule has 0 spiro atoms. The lowest BCUT2D eigenvalue weighted by atomic mass is 9.95. The zero-order valence-corrected chi connectivity index (χ0v) is 10.5. The van der Waals surface area contributed by atoms with Crippen LogP contribution in [0.4, 0.5) is 0 Å². The summed E-state index contributed by atoms with van der Waals surface area (Å²) in [4.78, 5) is 0. The van der Waals surface area contributed by atoms with Gasteiger partial charge in [0.15, 0.2) is 0 Å². The van der Waals surface area contributed by atoms with E-state index in [1.807, 2.05) is 12.1 Å². The van der Waals surface area contributed by atoms with Crippen molar-refractivity contribution in [3.8, 4) is 6.07 Å². The molecule has 17 heavy (non-hydrogen) atoms. The molecule has 1 aliphatic rings. The van der Waals surface area contributed by atoms with Crippen molar-refractivity contribution >= 4 is 0 Å². The van der Waals surface area contributed by atoms with E-state index in [9.17, 15) is 0 Å². The first-order valence-electron chi connectivity index (χ1n) is 6.52. The summed E-state index contributed by atoms with van der Waals surface area (Å²) in [5, 5.41) is 12.5. The normalized spacial score (nSPS) is 16.7. The van der Waals surface area contributed by atoms with E-state index in [2.05, 4.69) is 24.4 Å². The third-order valence-electron chi connectivity index (χ3n) is 3.66. The van der Waals surface area contributed by atoms with Gasteiger partial charge in [0.25, 0.3) is 0 Å². The summed E-state index contributed by atoms with van der Waals surface area (Å²) in [7, 11) is 0. The molecule has 1 aliphatic carbocycles. The zero-order valence-electron chi connectivity index (χ0n) is 10.5. The molecule has 0 heterocycles. The van der Waals surface area contributed by atoms with Crippen molar-refractivity contribution in [1.29, 1.82) is 5.26 Å². The molecule has 0 bridgehead atoms. The van der Waals surface area contributed by atoms with Gasteiger partial charge in [0.05, 0.1) is 11.6 Å². The van der Waals surface area contributed by atoms with Gasteiger partial charge in [-0.2, -0.15) is 5.26 Å². The number of nitrogens with one attached hydrogen (secondary N) is 1. The minimum Gasteiger partial charge on any atom is -0.310 e. The molecule has 90 valence electrons. The Balaban J connectivity index is 1.92. The maximum absolute atomic E-state index is 8.82. The van der Waals surface area contributed by atoms with Crippen molar-refractivity contribution in [2.45, 2.75) is 51.6 Å².